The SMILES string of the molecule is Cc1cc(O)cc(O)c1C=NNC(=O)COc1c(C)cc(Br)cc1C. The number of phenols is 2. The minimum Gasteiger partial charge on any atom is -0.508 e. The smallest absolute Gasteiger partial charge is 0.277 e. The molecular formula is C18H19BrN2O4. The number of hydrazone groups is 1. The summed E-state index contributed by atoms with van der Waals surface area (Å²) in [4.78, 5) is 11.9. The number of phenolic OH excluding ortho intramolecular Hbond substituents is 2. The van der Waals surface area contributed by atoms with Crippen LogP contribution in [-0.4, -0.2) is 28.9 Å². The predicted molar refractivity (Wildman–Crippen MR) is 99.4 cm³/mol. The van der Waals surface area contributed by atoms with Crippen LogP contribution in [0.5, 0.6) is 17.2 Å². The lowest BCUT2D eigenvalue weighted by Crippen LogP contribution is -2.25. The fraction of sp³-hybridized carbons (Fsp3) is 0.222. The molecule has 0 aromatic heterocycles. The van der Waals surface area contributed by atoms with Crippen molar-refractivity contribution in [2.75, 3.05) is 6.61 Å². The first-order valence-electron chi connectivity index (χ1n) is 7.52. The topological polar surface area (TPSA) is 91.1 Å². The largest absolute Gasteiger partial charge is 0.508 e. The summed E-state index contributed by atoms with van der Waals surface area (Å²) >= 11 is 3.41. The molecule has 0 heterocycles. The van der Waals surface area contributed by atoms with E-state index in [9.17, 15) is 15.0 Å². The van der Waals surface area contributed by atoms with E-state index in [-0.39, 0.29) is 18.1 Å². The van der Waals surface area contributed by atoms with Crippen molar-refractivity contribution in [3.05, 3.63) is 51.0 Å². The summed E-state index contributed by atoms with van der Waals surface area (Å²) < 4.78 is 6.51. The molecule has 3 N–H and O–H groups in total. The lowest BCUT2D eigenvalue weighted by Gasteiger charge is -2.11. The zero-order valence-electron chi connectivity index (χ0n) is 14.1. The van der Waals surface area contributed by atoms with Crippen molar-refractivity contribution in [3.63, 3.8) is 0 Å². The van der Waals surface area contributed by atoms with Crippen LogP contribution < -0.4 is 10.2 Å². The molecule has 0 saturated carbocycles. The number of nitrogens with zero attached hydrogens (tertiary/aromatic N) is 1. The highest BCUT2D eigenvalue weighted by molar-refractivity contribution is 9.10. The van der Waals surface area contributed by atoms with Crippen molar-refractivity contribution in [2.24, 2.45) is 5.10 Å². The standard InChI is InChI=1S/C18H19BrN2O4/c1-10-6-14(22)7-16(23)15(10)8-20-21-17(24)9-25-18-11(2)4-13(19)5-12(18)3/h4-8,22-23H,9H2,1-3H3,(H,21,24). The minimum atomic E-state index is -0.422. The van der Waals surface area contributed by atoms with Crippen LogP contribution in [0.3, 0.4) is 0 Å². The number of nitrogens with one attached hydrogen (secondary N) is 1. The van der Waals surface area contributed by atoms with E-state index in [1.54, 1.807) is 6.92 Å². The zero-order chi connectivity index (χ0) is 18.6. The summed E-state index contributed by atoms with van der Waals surface area (Å²) in [6.45, 7) is 5.34. The Kier molecular flexibility index (Phi) is 6.03. The van der Waals surface area contributed by atoms with Gasteiger partial charge in [0.25, 0.3) is 5.91 Å². The number of hydrogen-bond donors (Lipinski definition) is 3. The van der Waals surface area contributed by atoms with Crippen molar-refractivity contribution >= 4 is 28.1 Å². The zero-order valence-corrected chi connectivity index (χ0v) is 15.7. The molecule has 0 aliphatic carbocycles. The highest BCUT2D eigenvalue weighted by Gasteiger charge is 2.09. The van der Waals surface area contributed by atoms with Gasteiger partial charge in [0, 0.05) is 16.1 Å². The first-order chi connectivity index (χ1) is 11.8. The van der Waals surface area contributed by atoms with Gasteiger partial charge in [-0.15, -0.1) is 0 Å². The van der Waals surface area contributed by atoms with Gasteiger partial charge in [0.2, 0.25) is 0 Å². The molecule has 1 amide bonds. The molecule has 0 fully saturated rings. The molecule has 0 atom stereocenters. The Labute approximate surface area is 154 Å². The number of ether oxygens (including phenoxy) is 1. The van der Waals surface area contributed by atoms with Crippen LogP contribution in [0.25, 0.3) is 0 Å². The molecule has 0 radical (unpaired) electrons. The second-order valence-corrected chi connectivity index (χ2v) is 6.56. The second kappa shape index (κ2) is 8.02. The number of rotatable bonds is 5. The van der Waals surface area contributed by atoms with E-state index in [1.165, 1.54) is 18.3 Å². The van der Waals surface area contributed by atoms with Crippen LogP contribution in [0, 0.1) is 20.8 Å². The molecule has 7 heteroatoms. The van der Waals surface area contributed by atoms with Gasteiger partial charge in [0.15, 0.2) is 6.61 Å². The number of amides is 1. The van der Waals surface area contributed by atoms with E-state index in [4.69, 9.17) is 4.74 Å². The van der Waals surface area contributed by atoms with Gasteiger partial charge in [-0.25, -0.2) is 5.43 Å². The number of carbonyl (C=O) groups excluding carboxylic acids is 1. The molecule has 2 aromatic carbocycles. The van der Waals surface area contributed by atoms with Gasteiger partial charge in [0.1, 0.15) is 17.2 Å². The molecule has 2 aromatic rings. The molecule has 132 valence electrons. The first kappa shape index (κ1) is 18.8. The van der Waals surface area contributed by atoms with Crippen molar-refractivity contribution < 1.29 is 19.7 Å². The van der Waals surface area contributed by atoms with Crippen LogP contribution in [0.4, 0.5) is 0 Å². The molecule has 0 aliphatic rings. The van der Waals surface area contributed by atoms with Crippen LogP contribution >= 0.6 is 15.9 Å². The normalized spacial score (nSPS) is 10.9. The van der Waals surface area contributed by atoms with E-state index in [1.807, 2.05) is 26.0 Å². The van der Waals surface area contributed by atoms with E-state index in [2.05, 4.69) is 26.5 Å². The molecule has 25 heavy (non-hydrogen) atoms. The number of halogens is 1. The third kappa shape index (κ3) is 4.96. The first-order valence-corrected chi connectivity index (χ1v) is 8.31. The highest BCUT2D eigenvalue weighted by atomic mass is 79.9. The van der Waals surface area contributed by atoms with Crippen molar-refractivity contribution in [1.82, 2.24) is 5.43 Å². The summed E-state index contributed by atoms with van der Waals surface area (Å²) in [5.74, 6) is 0.0842. The summed E-state index contributed by atoms with van der Waals surface area (Å²) in [6.07, 6.45) is 1.32. The van der Waals surface area contributed by atoms with Gasteiger partial charge in [-0.05, 0) is 55.7 Å². The fourth-order valence-electron chi connectivity index (χ4n) is 2.39. The molecule has 0 unspecified atom stereocenters. The molecule has 2 rings (SSSR count). The number of aryl methyl sites for hydroxylation is 3. The second-order valence-electron chi connectivity index (χ2n) is 5.65. The Hall–Kier alpha value is -2.54. The van der Waals surface area contributed by atoms with Crippen LogP contribution in [0.1, 0.15) is 22.3 Å². The average Bonchev–Trinajstić information content (AvgIpc) is 2.48. The Balaban J connectivity index is 1.96. The van der Waals surface area contributed by atoms with Crippen LogP contribution in [0.15, 0.2) is 33.8 Å². The number of hydrogen-bond acceptors (Lipinski definition) is 5. The summed E-state index contributed by atoms with van der Waals surface area (Å²) in [7, 11) is 0. The maximum Gasteiger partial charge on any atom is 0.277 e. The van der Waals surface area contributed by atoms with E-state index >= 15 is 0 Å². The third-order valence-electron chi connectivity index (χ3n) is 3.51. The lowest BCUT2D eigenvalue weighted by atomic mass is 10.1. The monoisotopic (exact) mass is 406 g/mol. The van der Waals surface area contributed by atoms with Gasteiger partial charge in [-0.2, -0.15) is 5.10 Å². The van der Waals surface area contributed by atoms with Gasteiger partial charge in [-0.3, -0.25) is 4.79 Å². The number of aromatic hydroxyl groups is 2. The molecule has 6 nitrogen and oxygen atoms in total. The molecule has 0 saturated heterocycles. The van der Waals surface area contributed by atoms with Crippen molar-refractivity contribution in [2.45, 2.75) is 20.8 Å². The van der Waals surface area contributed by atoms with Crippen molar-refractivity contribution in [1.29, 1.82) is 0 Å². The maximum atomic E-state index is 11.9. The van der Waals surface area contributed by atoms with E-state index < -0.39 is 5.91 Å². The van der Waals surface area contributed by atoms with Crippen molar-refractivity contribution in [3.8, 4) is 17.2 Å². The fourth-order valence-corrected chi connectivity index (χ4v) is 3.08. The van der Waals surface area contributed by atoms with Crippen LogP contribution in [0.2, 0.25) is 0 Å². The van der Waals surface area contributed by atoms with Gasteiger partial charge in [0.05, 0.1) is 6.21 Å². The Morgan fingerprint density at radius 2 is 1.80 bits per heavy atom. The Morgan fingerprint density at radius 1 is 1.16 bits per heavy atom. The highest BCUT2D eigenvalue weighted by Crippen LogP contribution is 2.27. The lowest BCUT2D eigenvalue weighted by molar-refractivity contribution is -0.123. The quantitative estimate of drug-likeness (QED) is 0.524. The maximum absolute atomic E-state index is 11.9. The molecular weight excluding hydrogens is 388 g/mol. The summed E-state index contributed by atoms with van der Waals surface area (Å²) in [5, 5.41) is 23.0. The molecule has 0 spiro atoms. The molecule has 0 bridgehead atoms. The predicted octanol–water partition coefficient (Wildman–Crippen LogP) is 3.31. The van der Waals surface area contributed by atoms with Gasteiger partial charge < -0.3 is 14.9 Å². The summed E-state index contributed by atoms with van der Waals surface area (Å²) in [6, 6.07) is 6.52. The van der Waals surface area contributed by atoms with Gasteiger partial charge in [-0.1, -0.05) is 15.9 Å². The summed E-state index contributed by atoms with van der Waals surface area (Å²) in [5.41, 5.74) is 5.24. The third-order valence-corrected chi connectivity index (χ3v) is 3.96. The minimum absolute atomic E-state index is 0.0372. The number of carbonyl (C=O) groups is 1. The Bertz CT molecular complexity index is 788. The molecule has 0 aliphatic heterocycles. The van der Waals surface area contributed by atoms with Crippen LogP contribution in [-0.2, 0) is 4.79 Å². The average molecular weight is 407 g/mol. The van der Waals surface area contributed by atoms with Gasteiger partial charge >= 0.3 is 0 Å². The van der Waals surface area contributed by atoms with E-state index in [0.717, 1.165) is 15.6 Å². The Morgan fingerprint density at radius 3 is 2.40 bits per heavy atom. The van der Waals surface area contributed by atoms with E-state index in [0.29, 0.717) is 16.9 Å². The number of benzene rings is 2.